The molecule has 1 saturated carbocycles. The first-order valence-electron chi connectivity index (χ1n) is 6.12. The van der Waals surface area contributed by atoms with Gasteiger partial charge in [0, 0.05) is 6.54 Å². The Balaban J connectivity index is 1.96. The highest BCUT2D eigenvalue weighted by Gasteiger charge is 2.51. The molecule has 2 fully saturated rings. The van der Waals surface area contributed by atoms with Crippen molar-refractivity contribution >= 4 is 29.0 Å². The van der Waals surface area contributed by atoms with Gasteiger partial charge in [-0.2, -0.15) is 0 Å². The summed E-state index contributed by atoms with van der Waals surface area (Å²) in [4.78, 5) is 1.99. The summed E-state index contributed by atoms with van der Waals surface area (Å²) < 4.78 is 18.7. The van der Waals surface area contributed by atoms with E-state index in [4.69, 9.17) is 33.3 Å². The van der Waals surface area contributed by atoms with Crippen molar-refractivity contribution in [1.82, 2.24) is 4.90 Å². The zero-order chi connectivity index (χ0) is 13.6. The van der Waals surface area contributed by atoms with Crippen molar-refractivity contribution in [2.24, 2.45) is 0 Å². The summed E-state index contributed by atoms with van der Waals surface area (Å²) in [7, 11) is 0. The largest absolute Gasteiger partial charge is 0.377 e. The molecular formula is C13H13Cl2FN2O. The van der Waals surface area contributed by atoms with Crippen LogP contribution in [-0.4, -0.2) is 36.0 Å². The van der Waals surface area contributed by atoms with E-state index in [0.717, 1.165) is 12.8 Å². The third kappa shape index (κ3) is 2.22. The van der Waals surface area contributed by atoms with E-state index >= 15 is 0 Å². The molecule has 0 unspecified atom stereocenters. The normalized spacial score (nSPS) is 20.7. The molecule has 3 nitrogen and oxygen atoms in total. The van der Waals surface area contributed by atoms with Crippen LogP contribution in [0.4, 0.5) is 4.39 Å². The summed E-state index contributed by atoms with van der Waals surface area (Å²) in [6, 6.07) is 2.38. The van der Waals surface area contributed by atoms with Crippen molar-refractivity contribution in [3.05, 3.63) is 33.6 Å². The maximum atomic E-state index is 13.2. The van der Waals surface area contributed by atoms with E-state index in [2.05, 4.69) is 0 Å². The van der Waals surface area contributed by atoms with Crippen LogP contribution in [0.2, 0.25) is 10.0 Å². The number of benzene rings is 1. The van der Waals surface area contributed by atoms with E-state index < -0.39 is 5.82 Å². The summed E-state index contributed by atoms with van der Waals surface area (Å²) in [5.74, 6) is -0.231. The molecule has 1 aromatic carbocycles. The second kappa shape index (κ2) is 4.62. The minimum absolute atomic E-state index is 0.0730. The fourth-order valence-electron chi connectivity index (χ4n) is 2.54. The zero-order valence-corrected chi connectivity index (χ0v) is 11.7. The molecule has 1 aliphatic heterocycles. The molecule has 1 N–H and O–H groups in total. The lowest BCUT2D eigenvalue weighted by Gasteiger charge is -2.38. The number of hydrogen-bond donors (Lipinski definition) is 1. The predicted molar refractivity (Wildman–Crippen MR) is 72.7 cm³/mol. The molecule has 1 saturated heterocycles. The lowest BCUT2D eigenvalue weighted by molar-refractivity contribution is 0.0147. The molecule has 1 aliphatic carbocycles. The lowest BCUT2D eigenvalue weighted by atomic mass is 10.1. The predicted octanol–water partition coefficient (Wildman–Crippen LogP) is 3.32. The first-order valence-corrected chi connectivity index (χ1v) is 6.88. The van der Waals surface area contributed by atoms with Crippen molar-refractivity contribution in [2.45, 2.75) is 18.4 Å². The van der Waals surface area contributed by atoms with E-state index in [1.807, 2.05) is 4.90 Å². The minimum Gasteiger partial charge on any atom is -0.377 e. The van der Waals surface area contributed by atoms with Gasteiger partial charge in [0.05, 0.1) is 34.4 Å². The number of nitrogens with one attached hydrogen (secondary N) is 1. The van der Waals surface area contributed by atoms with Crippen LogP contribution in [0.1, 0.15) is 18.4 Å². The molecule has 1 spiro atoms. The molecule has 2 aliphatic rings. The van der Waals surface area contributed by atoms with Gasteiger partial charge in [-0.05, 0) is 25.0 Å². The average Bonchev–Trinajstić information content (AvgIpc) is 3.08. The van der Waals surface area contributed by atoms with Gasteiger partial charge in [-0.3, -0.25) is 5.41 Å². The summed E-state index contributed by atoms with van der Waals surface area (Å²) in [6.07, 6.45) is 2.01. The van der Waals surface area contributed by atoms with Crippen molar-refractivity contribution in [1.29, 1.82) is 5.41 Å². The van der Waals surface area contributed by atoms with E-state index in [1.165, 1.54) is 12.1 Å². The number of amidine groups is 1. The van der Waals surface area contributed by atoms with Gasteiger partial charge in [-0.1, -0.05) is 23.2 Å². The number of nitrogens with zero attached hydrogens (tertiary/aromatic N) is 1. The maximum absolute atomic E-state index is 13.2. The van der Waals surface area contributed by atoms with Crippen LogP contribution in [0.15, 0.2) is 12.1 Å². The molecule has 6 heteroatoms. The number of rotatable bonds is 1. The highest BCUT2D eigenvalue weighted by molar-refractivity contribution is 6.39. The fraction of sp³-hybridized carbons (Fsp3) is 0.462. The van der Waals surface area contributed by atoms with Crippen molar-refractivity contribution in [2.75, 3.05) is 19.8 Å². The van der Waals surface area contributed by atoms with Crippen LogP contribution < -0.4 is 0 Å². The number of morpholine rings is 1. The Morgan fingerprint density at radius 1 is 1.32 bits per heavy atom. The minimum atomic E-state index is -0.491. The third-order valence-corrected chi connectivity index (χ3v) is 4.34. The summed E-state index contributed by atoms with van der Waals surface area (Å²) in [5, 5.41) is 8.71. The molecule has 0 amide bonds. The van der Waals surface area contributed by atoms with Gasteiger partial charge in [0.2, 0.25) is 0 Å². The Labute approximate surface area is 120 Å². The van der Waals surface area contributed by atoms with Crippen LogP contribution in [-0.2, 0) is 4.74 Å². The Kier molecular flexibility index (Phi) is 3.20. The smallest absolute Gasteiger partial charge is 0.131 e. The Morgan fingerprint density at radius 3 is 2.53 bits per heavy atom. The van der Waals surface area contributed by atoms with Gasteiger partial charge in [-0.15, -0.1) is 0 Å². The van der Waals surface area contributed by atoms with E-state index in [1.54, 1.807) is 0 Å². The number of ether oxygens (including phenoxy) is 1. The summed E-state index contributed by atoms with van der Waals surface area (Å²) in [5.41, 5.74) is 0.328. The molecule has 1 aromatic rings. The van der Waals surface area contributed by atoms with E-state index in [9.17, 15) is 4.39 Å². The van der Waals surface area contributed by atoms with Crippen LogP contribution in [0, 0.1) is 11.2 Å². The first-order chi connectivity index (χ1) is 9.03. The standard InChI is InChI=1S/C13H13Cl2FN2O/c14-9-5-8(16)6-10(15)11(9)12(17)18-3-4-19-7-13(18)1-2-13/h5-6,17H,1-4,7H2. The van der Waals surface area contributed by atoms with Gasteiger partial charge in [-0.25, -0.2) is 4.39 Å². The first kappa shape index (κ1) is 13.2. The highest BCUT2D eigenvalue weighted by Crippen LogP contribution is 2.45. The van der Waals surface area contributed by atoms with Gasteiger partial charge >= 0.3 is 0 Å². The molecule has 102 valence electrons. The summed E-state index contributed by atoms with van der Waals surface area (Å²) >= 11 is 12.1. The topological polar surface area (TPSA) is 36.3 Å². The van der Waals surface area contributed by atoms with Crippen LogP contribution in [0.3, 0.4) is 0 Å². The zero-order valence-electron chi connectivity index (χ0n) is 10.2. The number of hydrogen-bond acceptors (Lipinski definition) is 2. The Bertz CT molecular complexity index is 522. The van der Waals surface area contributed by atoms with Crippen molar-refractivity contribution in [3.8, 4) is 0 Å². The van der Waals surface area contributed by atoms with Gasteiger partial charge in [0.1, 0.15) is 11.7 Å². The average molecular weight is 303 g/mol. The monoisotopic (exact) mass is 302 g/mol. The van der Waals surface area contributed by atoms with Crippen molar-refractivity contribution in [3.63, 3.8) is 0 Å². The Hall–Kier alpha value is -0.840. The quantitative estimate of drug-likeness (QED) is 0.638. The van der Waals surface area contributed by atoms with Gasteiger partial charge in [0.15, 0.2) is 0 Å². The fourth-order valence-corrected chi connectivity index (χ4v) is 3.18. The van der Waals surface area contributed by atoms with E-state index in [0.29, 0.717) is 25.3 Å². The summed E-state index contributed by atoms with van der Waals surface area (Å²) in [6.45, 7) is 1.86. The molecule has 0 atom stereocenters. The molecule has 0 radical (unpaired) electrons. The van der Waals surface area contributed by atoms with E-state index in [-0.39, 0.29) is 21.4 Å². The second-order valence-corrected chi connectivity index (χ2v) is 5.84. The van der Waals surface area contributed by atoms with Crippen LogP contribution >= 0.6 is 23.2 Å². The molecule has 0 aromatic heterocycles. The van der Waals surface area contributed by atoms with Gasteiger partial charge in [0.25, 0.3) is 0 Å². The van der Waals surface area contributed by atoms with Crippen LogP contribution in [0.25, 0.3) is 0 Å². The highest BCUT2D eigenvalue weighted by atomic mass is 35.5. The molecule has 1 heterocycles. The molecule has 3 rings (SSSR count). The second-order valence-electron chi connectivity index (χ2n) is 5.02. The maximum Gasteiger partial charge on any atom is 0.131 e. The SMILES string of the molecule is N=C(c1c(Cl)cc(F)cc1Cl)N1CCOCC12CC2. The lowest BCUT2D eigenvalue weighted by Crippen LogP contribution is -2.50. The number of halogens is 3. The Morgan fingerprint density at radius 2 is 1.95 bits per heavy atom. The molecule has 19 heavy (non-hydrogen) atoms. The van der Waals surface area contributed by atoms with Crippen molar-refractivity contribution < 1.29 is 9.13 Å². The van der Waals surface area contributed by atoms with Crippen LogP contribution in [0.5, 0.6) is 0 Å². The van der Waals surface area contributed by atoms with Gasteiger partial charge < -0.3 is 9.64 Å². The third-order valence-electron chi connectivity index (χ3n) is 3.74. The molecular weight excluding hydrogens is 290 g/mol. The molecule has 0 bridgehead atoms.